The number of amides is 1. The summed E-state index contributed by atoms with van der Waals surface area (Å²) in [7, 11) is 0. The molecule has 22 heavy (non-hydrogen) atoms. The minimum Gasteiger partial charge on any atom is -0.378 e. The van der Waals surface area contributed by atoms with Gasteiger partial charge in [0, 0.05) is 12.5 Å². The van der Waals surface area contributed by atoms with E-state index in [-0.39, 0.29) is 5.91 Å². The zero-order valence-corrected chi connectivity index (χ0v) is 13.7. The molecule has 0 unspecified atom stereocenters. The Bertz CT molecular complexity index is 422. The van der Waals surface area contributed by atoms with Gasteiger partial charge in [-0.3, -0.25) is 9.79 Å². The van der Waals surface area contributed by atoms with Gasteiger partial charge in [0.1, 0.15) is 11.4 Å². The van der Waals surface area contributed by atoms with E-state index in [9.17, 15) is 4.79 Å². The molecule has 0 aromatic heterocycles. The molecule has 0 atom stereocenters. The van der Waals surface area contributed by atoms with Gasteiger partial charge in [0.05, 0.1) is 6.10 Å². The van der Waals surface area contributed by atoms with Crippen molar-refractivity contribution in [2.75, 3.05) is 19.7 Å². The molecule has 1 spiro atoms. The summed E-state index contributed by atoms with van der Waals surface area (Å²) in [5.41, 5.74) is -0.463. The number of hydrogen-bond acceptors (Lipinski definition) is 4. The number of unbranched alkanes of at least 4 members (excludes halogenated alkanes) is 1. The highest BCUT2D eigenvalue weighted by atomic mass is 16.5. The number of rotatable bonds is 5. The van der Waals surface area contributed by atoms with Crippen LogP contribution in [-0.2, 0) is 9.53 Å². The zero-order chi connectivity index (χ0) is 15.4. The minimum atomic E-state index is -0.463. The number of nitrogens with zero attached hydrogens (tertiary/aromatic N) is 1. The van der Waals surface area contributed by atoms with Gasteiger partial charge in [0.2, 0.25) is 0 Å². The van der Waals surface area contributed by atoms with Crippen LogP contribution in [0.5, 0.6) is 0 Å². The Morgan fingerprint density at radius 3 is 2.64 bits per heavy atom. The standard InChI is InChI=1S/C17H29N3O2/c1-2-3-12-22-14-6-4-13(5-7-14)15-19-16(21)17(20-15)8-10-18-11-9-17/h13-14,18H,2-12H2,1H3,(H,19,20,21). The van der Waals surface area contributed by atoms with Crippen LogP contribution < -0.4 is 10.6 Å². The highest BCUT2D eigenvalue weighted by molar-refractivity contribution is 6.09. The highest BCUT2D eigenvalue weighted by Crippen LogP contribution is 2.33. The van der Waals surface area contributed by atoms with Crippen LogP contribution in [0, 0.1) is 5.92 Å². The molecule has 1 saturated carbocycles. The average molecular weight is 307 g/mol. The molecule has 3 rings (SSSR count). The Labute approximate surface area is 133 Å². The number of aliphatic imine (C=N–C) groups is 1. The normalized spacial score (nSPS) is 31.1. The number of carbonyl (C=O) groups is 1. The van der Waals surface area contributed by atoms with Gasteiger partial charge in [0.25, 0.3) is 5.91 Å². The number of nitrogens with one attached hydrogen (secondary N) is 2. The summed E-state index contributed by atoms with van der Waals surface area (Å²) < 4.78 is 5.93. The third-order valence-corrected chi connectivity index (χ3v) is 5.34. The maximum atomic E-state index is 12.4. The Morgan fingerprint density at radius 1 is 1.23 bits per heavy atom. The second-order valence-corrected chi connectivity index (χ2v) is 6.93. The summed E-state index contributed by atoms with van der Waals surface area (Å²) in [6.07, 6.45) is 8.78. The van der Waals surface area contributed by atoms with E-state index < -0.39 is 5.54 Å². The molecule has 1 saturated heterocycles. The number of piperidine rings is 1. The van der Waals surface area contributed by atoms with E-state index in [1.165, 1.54) is 6.42 Å². The summed E-state index contributed by atoms with van der Waals surface area (Å²) in [6.45, 7) is 4.86. The molecule has 2 heterocycles. The van der Waals surface area contributed by atoms with E-state index in [4.69, 9.17) is 9.73 Å². The van der Waals surface area contributed by atoms with Gasteiger partial charge in [-0.15, -0.1) is 0 Å². The fraction of sp³-hybridized carbons (Fsp3) is 0.882. The van der Waals surface area contributed by atoms with Crippen molar-refractivity contribution in [1.29, 1.82) is 0 Å². The van der Waals surface area contributed by atoms with Crippen LogP contribution in [0.4, 0.5) is 0 Å². The van der Waals surface area contributed by atoms with Crippen LogP contribution in [0.2, 0.25) is 0 Å². The maximum absolute atomic E-state index is 12.4. The second-order valence-electron chi connectivity index (χ2n) is 6.93. The van der Waals surface area contributed by atoms with Crippen LogP contribution in [0.1, 0.15) is 58.3 Å². The zero-order valence-electron chi connectivity index (χ0n) is 13.7. The summed E-state index contributed by atoms with van der Waals surface area (Å²) in [5.74, 6) is 1.51. The molecule has 124 valence electrons. The molecular formula is C17H29N3O2. The topological polar surface area (TPSA) is 62.7 Å². The first-order valence-corrected chi connectivity index (χ1v) is 8.97. The summed E-state index contributed by atoms with van der Waals surface area (Å²) in [6, 6.07) is 0. The highest BCUT2D eigenvalue weighted by Gasteiger charge is 2.45. The van der Waals surface area contributed by atoms with Crippen LogP contribution in [-0.4, -0.2) is 43.1 Å². The maximum Gasteiger partial charge on any atom is 0.253 e. The molecule has 2 fully saturated rings. The first-order valence-electron chi connectivity index (χ1n) is 8.97. The van der Waals surface area contributed by atoms with E-state index in [0.717, 1.165) is 70.5 Å². The van der Waals surface area contributed by atoms with Crippen molar-refractivity contribution < 1.29 is 9.53 Å². The van der Waals surface area contributed by atoms with E-state index in [2.05, 4.69) is 17.6 Å². The number of amidine groups is 1. The van der Waals surface area contributed by atoms with Gasteiger partial charge in [-0.1, -0.05) is 13.3 Å². The van der Waals surface area contributed by atoms with Crippen molar-refractivity contribution >= 4 is 11.7 Å². The largest absolute Gasteiger partial charge is 0.378 e. The molecule has 0 bridgehead atoms. The second kappa shape index (κ2) is 7.09. The van der Waals surface area contributed by atoms with Crippen molar-refractivity contribution in [2.24, 2.45) is 10.9 Å². The SMILES string of the molecule is CCCCOC1CCC(C2=NC3(CCNCC3)C(=O)N2)CC1. The van der Waals surface area contributed by atoms with Crippen molar-refractivity contribution in [3.8, 4) is 0 Å². The Hall–Kier alpha value is -0.940. The van der Waals surface area contributed by atoms with Gasteiger partial charge in [-0.05, 0) is 58.0 Å². The van der Waals surface area contributed by atoms with E-state index in [0.29, 0.717) is 12.0 Å². The number of ether oxygens (including phenoxy) is 1. The Morgan fingerprint density at radius 2 is 1.95 bits per heavy atom. The van der Waals surface area contributed by atoms with E-state index in [1.54, 1.807) is 0 Å². The Kier molecular flexibility index (Phi) is 5.14. The molecule has 5 nitrogen and oxygen atoms in total. The molecule has 1 amide bonds. The van der Waals surface area contributed by atoms with Crippen LogP contribution >= 0.6 is 0 Å². The van der Waals surface area contributed by atoms with Gasteiger partial charge < -0.3 is 15.4 Å². The van der Waals surface area contributed by atoms with Crippen molar-refractivity contribution in [3.05, 3.63) is 0 Å². The number of hydrogen-bond donors (Lipinski definition) is 2. The molecular weight excluding hydrogens is 278 g/mol. The summed E-state index contributed by atoms with van der Waals surface area (Å²) in [5, 5.41) is 6.41. The van der Waals surface area contributed by atoms with Crippen molar-refractivity contribution in [1.82, 2.24) is 10.6 Å². The van der Waals surface area contributed by atoms with Crippen LogP contribution in [0.15, 0.2) is 4.99 Å². The monoisotopic (exact) mass is 307 g/mol. The van der Waals surface area contributed by atoms with Crippen molar-refractivity contribution in [2.45, 2.75) is 69.9 Å². The average Bonchev–Trinajstić information content (AvgIpc) is 2.86. The lowest BCUT2D eigenvalue weighted by molar-refractivity contribution is -0.124. The molecule has 2 N–H and O–H groups in total. The lowest BCUT2D eigenvalue weighted by atomic mass is 9.86. The molecule has 5 heteroatoms. The molecule has 2 aliphatic heterocycles. The van der Waals surface area contributed by atoms with E-state index >= 15 is 0 Å². The summed E-state index contributed by atoms with van der Waals surface area (Å²) >= 11 is 0. The first kappa shape index (κ1) is 15.9. The van der Waals surface area contributed by atoms with Crippen LogP contribution in [0.25, 0.3) is 0 Å². The predicted octanol–water partition coefficient (Wildman–Crippen LogP) is 2.01. The van der Waals surface area contributed by atoms with Gasteiger partial charge >= 0.3 is 0 Å². The third-order valence-electron chi connectivity index (χ3n) is 5.34. The quantitative estimate of drug-likeness (QED) is 0.764. The van der Waals surface area contributed by atoms with Crippen molar-refractivity contribution in [3.63, 3.8) is 0 Å². The molecule has 0 aromatic carbocycles. The van der Waals surface area contributed by atoms with Crippen LogP contribution in [0.3, 0.4) is 0 Å². The molecule has 0 aromatic rings. The smallest absolute Gasteiger partial charge is 0.253 e. The minimum absolute atomic E-state index is 0.130. The first-order chi connectivity index (χ1) is 10.7. The molecule has 0 radical (unpaired) electrons. The lowest BCUT2D eigenvalue weighted by Gasteiger charge is -2.29. The summed E-state index contributed by atoms with van der Waals surface area (Å²) in [4.78, 5) is 17.2. The van der Waals surface area contributed by atoms with Gasteiger partial charge in [-0.25, -0.2) is 0 Å². The van der Waals surface area contributed by atoms with Gasteiger partial charge in [0.15, 0.2) is 0 Å². The number of carbonyl (C=O) groups excluding carboxylic acids is 1. The Balaban J connectivity index is 1.53. The fourth-order valence-corrected chi connectivity index (χ4v) is 3.81. The fourth-order valence-electron chi connectivity index (χ4n) is 3.81. The molecule has 1 aliphatic carbocycles. The predicted molar refractivity (Wildman–Crippen MR) is 87.0 cm³/mol. The lowest BCUT2D eigenvalue weighted by Crippen LogP contribution is -2.47. The molecule has 3 aliphatic rings. The third kappa shape index (κ3) is 3.35. The van der Waals surface area contributed by atoms with E-state index in [1.807, 2.05) is 0 Å². The van der Waals surface area contributed by atoms with Gasteiger partial charge in [-0.2, -0.15) is 0 Å².